The molecule has 0 spiro atoms. The number of carbonyl (C=O) groups is 1. The Kier molecular flexibility index (Phi) is 4.56. The van der Waals surface area contributed by atoms with Crippen molar-refractivity contribution in [3.05, 3.63) is 40.9 Å². The summed E-state index contributed by atoms with van der Waals surface area (Å²) in [6, 6.07) is 6.32. The third kappa shape index (κ3) is 4.25. The van der Waals surface area contributed by atoms with Gasteiger partial charge in [0.15, 0.2) is 0 Å². The maximum atomic E-state index is 11.9. The van der Waals surface area contributed by atoms with Crippen LogP contribution in [0.4, 0.5) is 10.7 Å². The van der Waals surface area contributed by atoms with Crippen molar-refractivity contribution >= 4 is 45.2 Å². The van der Waals surface area contributed by atoms with Crippen LogP contribution >= 0.6 is 23.2 Å². The molecule has 2 rings (SSSR count). The first-order valence-electron chi connectivity index (χ1n) is 5.33. The molecule has 2 amide bonds. The predicted octanol–water partition coefficient (Wildman–Crippen LogP) is 1.69. The van der Waals surface area contributed by atoms with Gasteiger partial charge in [-0.2, -0.15) is 15.0 Å². The van der Waals surface area contributed by atoms with E-state index in [2.05, 4.69) is 20.3 Å². The van der Waals surface area contributed by atoms with Gasteiger partial charge in [-0.25, -0.2) is 17.9 Å². The van der Waals surface area contributed by atoms with Gasteiger partial charge in [-0.05, 0) is 35.3 Å². The van der Waals surface area contributed by atoms with Crippen molar-refractivity contribution in [2.75, 3.05) is 5.32 Å². The summed E-state index contributed by atoms with van der Waals surface area (Å²) in [5.74, 6) is -0.277. The lowest BCUT2D eigenvalue weighted by atomic mass is 10.4. The van der Waals surface area contributed by atoms with Crippen molar-refractivity contribution in [3.63, 3.8) is 0 Å². The van der Waals surface area contributed by atoms with Crippen molar-refractivity contribution in [3.8, 4) is 0 Å². The Balaban J connectivity index is 2.11. The van der Waals surface area contributed by atoms with Gasteiger partial charge in [0, 0.05) is 0 Å². The van der Waals surface area contributed by atoms with Crippen LogP contribution in [0.3, 0.4) is 0 Å². The van der Waals surface area contributed by atoms with E-state index >= 15 is 0 Å². The number of rotatable bonds is 3. The molecule has 11 heteroatoms. The van der Waals surface area contributed by atoms with Gasteiger partial charge in [0.1, 0.15) is 0 Å². The molecule has 0 radical (unpaired) electrons. The van der Waals surface area contributed by atoms with Gasteiger partial charge in [0.2, 0.25) is 16.5 Å². The van der Waals surface area contributed by atoms with Crippen LogP contribution in [0.25, 0.3) is 0 Å². The first-order valence-corrected chi connectivity index (χ1v) is 7.57. The van der Waals surface area contributed by atoms with Crippen LogP contribution in [0, 0.1) is 0 Å². The number of anilines is 1. The van der Waals surface area contributed by atoms with Gasteiger partial charge in [-0.3, -0.25) is 5.32 Å². The van der Waals surface area contributed by atoms with E-state index in [1.54, 1.807) is 10.8 Å². The highest BCUT2D eigenvalue weighted by Crippen LogP contribution is 2.10. The summed E-state index contributed by atoms with van der Waals surface area (Å²) < 4.78 is 25.6. The van der Waals surface area contributed by atoms with E-state index in [-0.39, 0.29) is 21.4 Å². The maximum absolute atomic E-state index is 11.9. The van der Waals surface area contributed by atoms with Crippen molar-refractivity contribution in [1.29, 1.82) is 0 Å². The summed E-state index contributed by atoms with van der Waals surface area (Å²) in [6.07, 6.45) is 0. The van der Waals surface area contributed by atoms with E-state index in [0.29, 0.717) is 0 Å². The van der Waals surface area contributed by atoms with Gasteiger partial charge in [-0.1, -0.05) is 18.2 Å². The second-order valence-corrected chi connectivity index (χ2v) is 5.93. The second-order valence-electron chi connectivity index (χ2n) is 3.57. The minimum absolute atomic E-state index is 0.0631. The predicted molar refractivity (Wildman–Crippen MR) is 75.6 cm³/mol. The molecule has 0 aliphatic rings. The molecule has 21 heavy (non-hydrogen) atoms. The number of amides is 2. The Morgan fingerprint density at radius 2 is 1.57 bits per heavy atom. The third-order valence-corrected chi connectivity index (χ3v) is 3.77. The van der Waals surface area contributed by atoms with Gasteiger partial charge in [0.05, 0.1) is 4.90 Å². The summed E-state index contributed by atoms with van der Waals surface area (Å²) >= 11 is 11.1. The van der Waals surface area contributed by atoms with E-state index in [1.165, 1.54) is 24.3 Å². The molecular formula is C10H7Cl2N5O3S. The molecule has 0 fully saturated rings. The zero-order valence-corrected chi connectivity index (χ0v) is 12.4. The number of halogens is 2. The van der Waals surface area contributed by atoms with E-state index in [9.17, 15) is 13.2 Å². The fourth-order valence-electron chi connectivity index (χ4n) is 1.29. The van der Waals surface area contributed by atoms with Crippen LogP contribution in [0.1, 0.15) is 0 Å². The Morgan fingerprint density at radius 3 is 2.14 bits per heavy atom. The van der Waals surface area contributed by atoms with Crippen LogP contribution in [-0.2, 0) is 10.0 Å². The molecule has 2 aromatic rings. The second kappa shape index (κ2) is 6.20. The van der Waals surface area contributed by atoms with E-state index in [4.69, 9.17) is 23.2 Å². The molecule has 1 aromatic heterocycles. The molecule has 0 bridgehead atoms. The van der Waals surface area contributed by atoms with Crippen LogP contribution in [0.15, 0.2) is 35.2 Å². The Hall–Kier alpha value is -1.97. The van der Waals surface area contributed by atoms with Crippen molar-refractivity contribution < 1.29 is 13.2 Å². The smallest absolute Gasteiger partial charge is 0.275 e. The molecule has 0 aliphatic carbocycles. The largest absolute Gasteiger partial charge is 0.335 e. The topological polar surface area (TPSA) is 114 Å². The summed E-state index contributed by atoms with van der Waals surface area (Å²) in [7, 11) is -4.00. The average molecular weight is 348 g/mol. The molecule has 0 saturated heterocycles. The van der Waals surface area contributed by atoms with Crippen LogP contribution in [-0.4, -0.2) is 29.4 Å². The van der Waals surface area contributed by atoms with Crippen LogP contribution in [0.2, 0.25) is 10.6 Å². The van der Waals surface area contributed by atoms with E-state index in [0.717, 1.165) is 0 Å². The van der Waals surface area contributed by atoms with Crippen molar-refractivity contribution in [2.45, 2.75) is 4.90 Å². The number of hydrogen-bond acceptors (Lipinski definition) is 6. The highest BCUT2D eigenvalue weighted by atomic mass is 35.5. The third-order valence-electron chi connectivity index (χ3n) is 2.09. The Bertz CT molecular complexity index is 749. The summed E-state index contributed by atoms with van der Waals surface area (Å²) in [4.78, 5) is 22.2. The van der Waals surface area contributed by atoms with Crippen LogP contribution in [0.5, 0.6) is 0 Å². The lowest BCUT2D eigenvalue weighted by molar-refractivity contribution is 0.256. The Morgan fingerprint density at radius 1 is 1.00 bits per heavy atom. The number of benzene rings is 1. The van der Waals surface area contributed by atoms with Gasteiger partial charge in [-0.15, -0.1) is 0 Å². The SMILES string of the molecule is O=C(Nc1nc(Cl)nc(Cl)n1)NS(=O)(=O)c1ccccc1. The lowest BCUT2D eigenvalue weighted by Gasteiger charge is -2.07. The lowest BCUT2D eigenvalue weighted by Crippen LogP contribution is -2.34. The molecule has 110 valence electrons. The molecule has 1 heterocycles. The van der Waals surface area contributed by atoms with Gasteiger partial charge < -0.3 is 0 Å². The maximum Gasteiger partial charge on any atom is 0.335 e. The van der Waals surface area contributed by atoms with Crippen LogP contribution < -0.4 is 10.0 Å². The minimum atomic E-state index is -4.00. The first kappa shape index (κ1) is 15.4. The standard InChI is InChI=1S/C10H7Cl2N5O3S/c11-7-13-8(12)15-9(14-7)16-10(18)17-21(19,20)6-4-2-1-3-5-6/h1-5H,(H2,13,14,15,16,17,18). The fourth-order valence-corrected chi connectivity index (χ4v) is 2.58. The molecule has 1 aromatic carbocycles. The summed E-state index contributed by atoms with van der Waals surface area (Å²) in [6.45, 7) is 0. The van der Waals surface area contributed by atoms with Crippen molar-refractivity contribution in [2.24, 2.45) is 0 Å². The van der Waals surface area contributed by atoms with Gasteiger partial charge in [0.25, 0.3) is 10.0 Å². The highest BCUT2D eigenvalue weighted by molar-refractivity contribution is 7.90. The number of hydrogen-bond donors (Lipinski definition) is 2. The summed E-state index contributed by atoms with van der Waals surface area (Å²) in [5, 5.41) is 1.61. The molecular weight excluding hydrogens is 341 g/mol. The number of sulfonamides is 1. The molecule has 0 atom stereocenters. The van der Waals surface area contributed by atoms with E-state index in [1.807, 2.05) is 0 Å². The van der Waals surface area contributed by atoms with E-state index < -0.39 is 16.1 Å². The monoisotopic (exact) mass is 347 g/mol. The summed E-state index contributed by atoms with van der Waals surface area (Å²) in [5.41, 5.74) is 0. The van der Waals surface area contributed by atoms with Crippen molar-refractivity contribution in [1.82, 2.24) is 19.7 Å². The number of nitrogens with one attached hydrogen (secondary N) is 2. The molecule has 0 aliphatic heterocycles. The highest BCUT2D eigenvalue weighted by Gasteiger charge is 2.18. The molecule has 8 nitrogen and oxygen atoms in total. The normalized spacial score (nSPS) is 11.0. The quantitative estimate of drug-likeness (QED) is 0.872. The Labute approximate surface area is 129 Å². The number of nitrogens with zero attached hydrogens (tertiary/aromatic N) is 3. The fraction of sp³-hybridized carbons (Fsp3) is 0. The molecule has 2 N–H and O–H groups in total. The molecule has 0 saturated carbocycles. The first-order chi connectivity index (χ1) is 9.87. The number of carbonyl (C=O) groups excluding carboxylic acids is 1. The molecule has 0 unspecified atom stereocenters. The number of urea groups is 1. The minimum Gasteiger partial charge on any atom is -0.275 e. The van der Waals surface area contributed by atoms with Gasteiger partial charge >= 0.3 is 6.03 Å². The zero-order chi connectivity index (χ0) is 15.5. The zero-order valence-electron chi connectivity index (χ0n) is 10.1. The average Bonchev–Trinajstić information content (AvgIpc) is 2.37. The number of aromatic nitrogens is 3.